The molecule has 5 aliphatic rings. The number of H-pyrrole nitrogens is 1. The summed E-state index contributed by atoms with van der Waals surface area (Å²) in [6, 6.07) is 11.7. The van der Waals surface area contributed by atoms with Crippen molar-refractivity contribution in [2.75, 3.05) is 90.5 Å². The van der Waals surface area contributed by atoms with Gasteiger partial charge in [0.2, 0.25) is 5.91 Å². The number of para-hydroxylation sites is 1. The van der Waals surface area contributed by atoms with E-state index in [1.165, 1.54) is 0 Å². The molecule has 5 amide bonds. The third-order valence-corrected chi connectivity index (χ3v) is 13.4. The van der Waals surface area contributed by atoms with Gasteiger partial charge in [-0.15, -0.1) is 0 Å². The van der Waals surface area contributed by atoms with Gasteiger partial charge in [0.05, 0.1) is 18.5 Å². The Morgan fingerprint density at radius 3 is 2.35 bits per heavy atom. The van der Waals surface area contributed by atoms with E-state index in [4.69, 9.17) is 13.9 Å². The number of esters is 1. The molecule has 8 rings (SSSR count). The highest BCUT2D eigenvalue weighted by molar-refractivity contribution is 5.91. The second-order valence-corrected chi connectivity index (χ2v) is 17.4. The minimum absolute atomic E-state index is 0.0290. The molecule has 0 unspecified atom stereocenters. The molecule has 17 heteroatoms. The number of nitrogens with zero attached hydrogens (tertiary/aromatic N) is 6. The summed E-state index contributed by atoms with van der Waals surface area (Å²) in [6.07, 6.45) is 4.87. The number of hydrogen-bond donors (Lipinski definition) is 2. The van der Waals surface area contributed by atoms with Gasteiger partial charge in [-0.1, -0.05) is 24.3 Å². The van der Waals surface area contributed by atoms with Crippen molar-refractivity contribution in [2.24, 2.45) is 0 Å². The van der Waals surface area contributed by atoms with Gasteiger partial charge in [0.1, 0.15) is 0 Å². The van der Waals surface area contributed by atoms with Crippen molar-refractivity contribution in [3.63, 3.8) is 0 Å². The Balaban J connectivity index is 0.817. The molecule has 6 heterocycles. The van der Waals surface area contributed by atoms with Crippen LogP contribution in [0.4, 0.5) is 15.3 Å². The second kappa shape index (κ2) is 19.7. The van der Waals surface area contributed by atoms with Crippen molar-refractivity contribution >= 4 is 46.7 Å². The van der Waals surface area contributed by atoms with Crippen LogP contribution in [0.2, 0.25) is 0 Å². The Morgan fingerprint density at radius 1 is 0.839 bits per heavy atom. The highest BCUT2D eigenvalue weighted by Gasteiger charge is 2.37. The molecule has 0 saturated carbocycles. The number of hydrogen-bond acceptors (Lipinski definition) is 11. The number of benzene rings is 2. The van der Waals surface area contributed by atoms with Crippen molar-refractivity contribution in [1.29, 1.82) is 0 Å². The molecule has 1 aromatic heterocycles. The topological polar surface area (TPSA) is 181 Å². The fraction of sp³-hybridized carbons (Fsp3) is 0.600. The number of aryl methyl sites for hydroxylation is 1. The normalized spacial score (nSPS) is 20.3. The fourth-order valence-corrected chi connectivity index (χ4v) is 9.82. The van der Waals surface area contributed by atoms with E-state index in [0.29, 0.717) is 120 Å². The number of rotatable bonds is 13. The molecule has 3 aromatic rings. The number of piperidine rings is 2. The number of anilines is 1. The predicted molar refractivity (Wildman–Crippen MR) is 230 cm³/mol. The zero-order valence-electron chi connectivity index (χ0n) is 35.8. The van der Waals surface area contributed by atoms with Gasteiger partial charge in [-0.05, 0) is 93.8 Å². The van der Waals surface area contributed by atoms with Crippen LogP contribution in [0.1, 0.15) is 68.1 Å². The number of likely N-dealkylation sites (tertiary alicyclic amines) is 3. The summed E-state index contributed by atoms with van der Waals surface area (Å²) in [5.41, 5.74) is 4.40. The molecule has 1 atom stereocenters. The van der Waals surface area contributed by atoms with Gasteiger partial charge < -0.3 is 43.7 Å². The van der Waals surface area contributed by atoms with Crippen molar-refractivity contribution in [3.8, 4) is 0 Å². The number of nitrogens with one attached hydrogen (secondary N) is 2. The van der Waals surface area contributed by atoms with E-state index in [1.807, 2.05) is 47.1 Å². The number of urea groups is 1. The standard InChI is InChI=1S/C45H60N8O9/c1-31-28-32(29-37-41(31)47-44(58)61-37)30-38(62-45(59)52-20-12-35(13-21-52)53-22-9-33-6-2-3-7-36(33)46-43(53)57)42(56)51-25-23-49(24-26-51)34-10-17-48(18-11-34)19-14-40(55)60-27-5-16-50-15-4-8-39(50)54/h2-3,6-7,28-29,34-35,38H,4-5,8-27,30H2,1H3,(H,46,57)(H,47,58)/t38-/m1/s1. The summed E-state index contributed by atoms with van der Waals surface area (Å²) >= 11 is 0. The Hall–Kier alpha value is -5.42. The molecule has 0 radical (unpaired) electrons. The first-order valence-corrected chi connectivity index (χ1v) is 22.5. The number of fused-ring (bicyclic) bond motifs is 2. The highest BCUT2D eigenvalue weighted by Crippen LogP contribution is 2.27. The molecule has 4 fully saturated rings. The van der Waals surface area contributed by atoms with E-state index in [2.05, 4.69) is 20.1 Å². The van der Waals surface area contributed by atoms with Crippen LogP contribution in [0.15, 0.2) is 45.6 Å². The maximum absolute atomic E-state index is 14.3. The number of aromatic amines is 1. The van der Waals surface area contributed by atoms with Crippen LogP contribution < -0.4 is 11.1 Å². The van der Waals surface area contributed by atoms with Gasteiger partial charge >= 0.3 is 23.8 Å². The van der Waals surface area contributed by atoms with E-state index in [0.717, 1.165) is 62.1 Å². The Kier molecular flexibility index (Phi) is 13.8. The predicted octanol–water partition coefficient (Wildman–Crippen LogP) is 3.59. The van der Waals surface area contributed by atoms with E-state index in [-0.39, 0.29) is 36.3 Å². The Labute approximate surface area is 361 Å². The number of amides is 5. The molecule has 0 aliphatic carbocycles. The van der Waals surface area contributed by atoms with Gasteiger partial charge in [-0.3, -0.25) is 24.3 Å². The van der Waals surface area contributed by atoms with Gasteiger partial charge in [-0.25, -0.2) is 14.4 Å². The largest absolute Gasteiger partial charge is 0.466 e. The number of aromatic nitrogens is 1. The zero-order chi connectivity index (χ0) is 43.2. The average Bonchev–Trinajstić information content (AvgIpc) is 3.83. The van der Waals surface area contributed by atoms with Gasteiger partial charge in [-0.2, -0.15) is 0 Å². The third-order valence-electron chi connectivity index (χ3n) is 13.4. The van der Waals surface area contributed by atoms with Crippen LogP contribution in [0.5, 0.6) is 0 Å². The lowest BCUT2D eigenvalue weighted by atomic mass is 10.0. The van der Waals surface area contributed by atoms with Crippen molar-refractivity contribution in [1.82, 2.24) is 34.4 Å². The van der Waals surface area contributed by atoms with Crippen LogP contribution in [0.25, 0.3) is 11.1 Å². The van der Waals surface area contributed by atoms with E-state index in [1.54, 1.807) is 15.9 Å². The molecule has 0 spiro atoms. The van der Waals surface area contributed by atoms with Crippen LogP contribution in [0.3, 0.4) is 0 Å². The SMILES string of the molecule is Cc1cc(C[C@@H](OC(=O)N2CCC(N3CCc4ccccc4NC3=O)CC2)C(=O)N2CCN(C3CCN(CCC(=O)OCCCN4CCCC4=O)CC3)CC2)cc2oc(=O)[nH]c12. The first-order chi connectivity index (χ1) is 30.1. The van der Waals surface area contributed by atoms with Crippen molar-refractivity contribution in [3.05, 3.63) is 63.6 Å². The summed E-state index contributed by atoms with van der Waals surface area (Å²) in [6.45, 7) is 9.84. The summed E-state index contributed by atoms with van der Waals surface area (Å²) in [5, 5.41) is 3.04. The summed E-state index contributed by atoms with van der Waals surface area (Å²) < 4.78 is 16.9. The van der Waals surface area contributed by atoms with Gasteiger partial charge in [0.15, 0.2) is 11.7 Å². The van der Waals surface area contributed by atoms with Crippen molar-refractivity contribution < 1.29 is 37.9 Å². The first-order valence-electron chi connectivity index (χ1n) is 22.5. The molecule has 334 valence electrons. The Bertz CT molecular complexity index is 2150. The fourth-order valence-electron chi connectivity index (χ4n) is 9.82. The quantitative estimate of drug-likeness (QED) is 0.190. The lowest BCUT2D eigenvalue weighted by Crippen LogP contribution is -2.56. The molecule has 62 heavy (non-hydrogen) atoms. The van der Waals surface area contributed by atoms with Gasteiger partial charge in [0.25, 0.3) is 5.91 Å². The molecule has 2 N–H and O–H groups in total. The maximum atomic E-state index is 14.3. The zero-order valence-corrected chi connectivity index (χ0v) is 35.8. The minimum atomic E-state index is -1.09. The molecule has 5 aliphatic heterocycles. The number of carbonyl (C=O) groups excluding carboxylic acids is 5. The molecule has 17 nitrogen and oxygen atoms in total. The molecule has 0 bridgehead atoms. The van der Waals surface area contributed by atoms with E-state index >= 15 is 0 Å². The minimum Gasteiger partial charge on any atom is -0.466 e. The molecule has 2 aromatic carbocycles. The highest BCUT2D eigenvalue weighted by atomic mass is 16.6. The average molecular weight is 857 g/mol. The monoisotopic (exact) mass is 856 g/mol. The second-order valence-electron chi connectivity index (χ2n) is 17.4. The molecule has 4 saturated heterocycles. The number of carbonyl (C=O) groups is 5. The molecular weight excluding hydrogens is 797 g/mol. The van der Waals surface area contributed by atoms with Crippen LogP contribution in [-0.2, 0) is 36.7 Å². The Morgan fingerprint density at radius 2 is 1.60 bits per heavy atom. The lowest BCUT2D eigenvalue weighted by Gasteiger charge is -2.43. The van der Waals surface area contributed by atoms with E-state index < -0.39 is 18.0 Å². The molecular formula is C45H60N8O9. The van der Waals surface area contributed by atoms with Crippen molar-refractivity contribution in [2.45, 2.75) is 89.3 Å². The summed E-state index contributed by atoms with van der Waals surface area (Å²) in [7, 11) is 0. The van der Waals surface area contributed by atoms with E-state index in [9.17, 15) is 28.8 Å². The summed E-state index contributed by atoms with van der Waals surface area (Å²) in [4.78, 5) is 92.1. The number of piperazine rings is 1. The third kappa shape index (κ3) is 10.4. The van der Waals surface area contributed by atoms with Crippen LogP contribution in [-0.4, -0.2) is 168 Å². The lowest BCUT2D eigenvalue weighted by molar-refractivity contribution is -0.145. The van der Waals surface area contributed by atoms with Crippen LogP contribution >= 0.6 is 0 Å². The summed E-state index contributed by atoms with van der Waals surface area (Å²) in [5.74, 6) is -0.834. The number of ether oxygens (including phenoxy) is 2. The van der Waals surface area contributed by atoms with Crippen LogP contribution in [0, 0.1) is 6.92 Å². The van der Waals surface area contributed by atoms with Gasteiger partial charge in [0, 0.05) is 96.1 Å². The number of oxazole rings is 1. The smallest absolute Gasteiger partial charge is 0.417 e. The first kappa shape index (κ1) is 43.2. The maximum Gasteiger partial charge on any atom is 0.417 e.